The molecule has 5 nitrogen and oxygen atoms in total. The van der Waals surface area contributed by atoms with Crippen molar-refractivity contribution < 1.29 is 19.1 Å². The van der Waals surface area contributed by atoms with Crippen LogP contribution in [0.3, 0.4) is 0 Å². The third-order valence-electron chi connectivity index (χ3n) is 5.29. The maximum atomic E-state index is 12.5. The number of amides is 1. The Morgan fingerprint density at radius 2 is 1.70 bits per heavy atom. The van der Waals surface area contributed by atoms with Crippen LogP contribution in [0.4, 0.5) is 0 Å². The molecule has 1 aliphatic carbocycles. The topological polar surface area (TPSA) is 64.6 Å². The molecule has 0 aliphatic heterocycles. The summed E-state index contributed by atoms with van der Waals surface area (Å²) < 4.78 is 10.7. The summed E-state index contributed by atoms with van der Waals surface area (Å²) in [5, 5.41) is 5.04. The van der Waals surface area contributed by atoms with Gasteiger partial charge in [-0.05, 0) is 55.2 Å². The lowest BCUT2D eigenvalue weighted by atomic mass is 9.98. The van der Waals surface area contributed by atoms with Crippen molar-refractivity contribution in [3.05, 3.63) is 42.0 Å². The van der Waals surface area contributed by atoms with Crippen molar-refractivity contribution in [2.45, 2.75) is 57.6 Å². The first-order chi connectivity index (χ1) is 13.0. The molecule has 144 valence electrons. The Kier molecular flexibility index (Phi) is 5.99. The van der Waals surface area contributed by atoms with Crippen molar-refractivity contribution >= 4 is 22.6 Å². The fourth-order valence-electron chi connectivity index (χ4n) is 3.49. The second-order valence-corrected chi connectivity index (χ2v) is 7.26. The number of methoxy groups -OCH3 is 1. The van der Waals surface area contributed by atoms with Gasteiger partial charge in [0.05, 0.1) is 13.0 Å². The first kappa shape index (κ1) is 19.2. The highest BCUT2D eigenvalue weighted by Crippen LogP contribution is 2.26. The molecule has 0 unspecified atom stereocenters. The van der Waals surface area contributed by atoms with Crippen LogP contribution in [0.5, 0.6) is 5.75 Å². The molecule has 1 saturated carbocycles. The van der Waals surface area contributed by atoms with Crippen molar-refractivity contribution in [3.8, 4) is 5.75 Å². The van der Waals surface area contributed by atoms with Crippen molar-refractivity contribution in [2.24, 2.45) is 0 Å². The first-order valence-electron chi connectivity index (χ1n) is 9.56. The maximum Gasteiger partial charge on any atom is 0.313 e. The molecule has 0 spiro atoms. The number of hydrogen-bond donors (Lipinski definition) is 1. The van der Waals surface area contributed by atoms with E-state index in [-0.39, 0.29) is 11.9 Å². The maximum absolute atomic E-state index is 12.5. The van der Waals surface area contributed by atoms with Crippen LogP contribution in [-0.4, -0.2) is 31.1 Å². The minimum Gasteiger partial charge on any atom is -0.497 e. The van der Waals surface area contributed by atoms with E-state index in [0.717, 1.165) is 47.8 Å². The summed E-state index contributed by atoms with van der Waals surface area (Å²) in [4.78, 5) is 24.7. The van der Waals surface area contributed by atoms with Crippen molar-refractivity contribution in [1.82, 2.24) is 5.32 Å². The van der Waals surface area contributed by atoms with Gasteiger partial charge in [-0.15, -0.1) is 0 Å². The lowest BCUT2D eigenvalue weighted by Gasteiger charge is -2.19. The summed E-state index contributed by atoms with van der Waals surface area (Å²) in [6.07, 6.45) is 3.51. The van der Waals surface area contributed by atoms with Crippen LogP contribution in [0.2, 0.25) is 0 Å². The molecule has 1 aliphatic rings. The van der Waals surface area contributed by atoms with E-state index in [0.29, 0.717) is 0 Å². The summed E-state index contributed by atoms with van der Waals surface area (Å²) in [6, 6.07) is 11.9. The molecule has 0 radical (unpaired) electrons. The van der Waals surface area contributed by atoms with E-state index in [4.69, 9.17) is 9.47 Å². The summed E-state index contributed by atoms with van der Waals surface area (Å²) >= 11 is 0. The molecule has 1 N–H and O–H groups in total. The fourth-order valence-corrected chi connectivity index (χ4v) is 3.49. The minimum atomic E-state index is -0.787. The van der Waals surface area contributed by atoms with Crippen molar-refractivity contribution in [3.63, 3.8) is 0 Å². The van der Waals surface area contributed by atoms with E-state index in [9.17, 15) is 9.59 Å². The second-order valence-electron chi connectivity index (χ2n) is 7.26. The zero-order chi connectivity index (χ0) is 19.4. The molecule has 0 aromatic heterocycles. The number of benzene rings is 2. The Morgan fingerprint density at radius 3 is 2.41 bits per heavy atom. The predicted molar refractivity (Wildman–Crippen MR) is 105 cm³/mol. The molecule has 0 bridgehead atoms. The Hall–Kier alpha value is -2.56. The summed E-state index contributed by atoms with van der Waals surface area (Å²) in [7, 11) is 1.64. The van der Waals surface area contributed by atoms with Gasteiger partial charge in [-0.1, -0.05) is 37.1 Å². The van der Waals surface area contributed by atoms with Gasteiger partial charge in [0, 0.05) is 6.04 Å². The predicted octanol–water partition coefficient (Wildman–Crippen LogP) is 3.94. The zero-order valence-corrected chi connectivity index (χ0v) is 16.2. The molecule has 2 aromatic rings. The molecule has 0 heterocycles. The van der Waals surface area contributed by atoms with Gasteiger partial charge in [-0.2, -0.15) is 0 Å². The molecular weight excluding hydrogens is 342 g/mol. The fraction of sp³-hybridized carbons (Fsp3) is 0.455. The van der Waals surface area contributed by atoms with Crippen LogP contribution >= 0.6 is 0 Å². The van der Waals surface area contributed by atoms with Crippen LogP contribution in [0.1, 0.15) is 51.0 Å². The van der Waals surface area contributed by atoms with Gasteiger partial charge in [0.2, 0.25) is 0 Å². The molecule has 0 saturated heterocycles. The zero-order valence-electron chi connectivity index (χ0n) is 16.2. The van der Waals surface area contributed by atoms with Gasteiger partial charge in [0.1, 0.15) is 5.75 Å². The van der Waals surface area contributed by atoms with E-state index in [1.165, 1.54) is 0 Å². The van der Waals surface area contributed by atoms with Crippen molar-refractivity contribution in [1.29, 1.82) is 0 Å². The highest BCUT2D eigenvalue weighted by atomic mass is 16.5. The molecule has 1 fully saturated rings. The molecule has 2 aromatic carbocycles. The quantitative estimate of drug-likeness (QED) is 0.783. The number of carbonyl (C=O) groups is 2. The minimum absolute atomic E-state index is 0.215. The summed E-state index contributed by atoms with van der Waals surface area (Å²) in [6.45, 7) is 3.43. The van der Waals surface area contributed by atoms with Crippen LogP contribution in [0, 0.1) is 0 Å². The Balaban J connectivity index is 1.63. The van der Waals surface area contributed by atoms with Gasteiger partial charge in [-0.25, -0.2) is 0 Å². The van der Waals surface area contributed by atoms with Crippen LogP contribution in [-0.2, 0) is 14.3 Å². The van der Waals surface area contributed by atoms with Gasteiger partial charge in [0.15, 0.2) is 6.10 Å². The van der Waals surface area contributed by atoms with Gasteiger partial charge in [-0.3, -0.25) is 9.59 Å². The molecule has 5 heteroatoms. The lowest BCUT2D eigenvalue weighted by Crippen LogP contribution is -2.41. The lowest BCUT2D eigenvalue weighted by molar-refractivity contribution is -0.156. The third-order valence-corrected chi connectivity index (χ3v) is 5.29. The number of nitrogens with one attached hydrogen (secondary N) is 1. The average Bonchev–Trinajstić information content (AvgIpc) is 3.19. The van der Waals surface area contributed by atoms with Gasteiger partial charge in [0.25, 0.3) is 5.91 Å². The Bertz CT molecular complexity index is 826. The third kappa shape index (κ3) is 4.59. The van der Waals surface area contributed by atoms with Gasteiger partial charge < -0.3 is 14.8 Å². The number of hydrogen-bond acceptors (Lipinski definition) is 4. The normalized spacial score (nSPS) is 16.7. The SMILES string of the molecule is COc1ccc2cc([C@H](C)C(=O)O[C@H](C)C(=O)NC3CCCC3)ccc2c1. The molecular formula is C22H27NO4. The number of fused-ring (bicyclic) bond motifs is 1. The number of rotatable bonds is 6. The highest BCUT2D eigenvalue weighted by molar-refractivity contribution is 5.88. The van der Waals surface area contributed by atoms with E-state index < -0.39 is 18.0 Å². The van der Waals surface area contributed by atoms with E-state index in [2.05, 4.69) is 5.32 Å². The standard InChI is InChI=1S/C22H27NO4/c1-14(16-8-9-18-13-20(26-3)11-10-17(18)12-16)22(25)27-15(2)21(24)23-19-6-4-5-7-19/h8-15,19H,4-7H2,1-3H3,(H,23,24)/t14-,15+/m0/s1. The van der Waals surface area contributed by atoms with Gasteiger partial charge >= 0.3 is 5.97 Å². The Morgan fingerprint density at radius 1 is 1.04 bits per heavy atom. The molecule has 2 atom stereocenters. The second kappa shape index (κ2) is 8.42. The highest BCUT2D eigenvalue weighted by Gasteiger charge is 2.25. The van der Waals surface area contributed by atoms with E-state index >= 15 is 0 Å². The number of ether oxygens (including phenoxy) is 2. The Labute approximate surface area is 160 Å². The van der Waals surface area contributed by atoms with E-state index in [1.54, 1.807) is 21.0 Å². The van der Waals surface area contributed by atoms with Crippen LogP contribution in [0.15, 0.2) is 36.4 Å². The molecule has 1 amide bonds. The monoisotopic (exact) mass is 369 g/mol. The first-order valence-corrected chi connectivity index (χ1v) is 9.56. The van der Waals surface area contributed by atoms with Crippen LogP contribution in [0.25, 0.3) is 10.8 Å². The van der Waals surface area contributed by atoms with Crippen LogP contribution < -0.4 is 10.1 Å². The number of esters is 1. The number of carbonyl (C=O) groups excluding carboxylic acids is 2. The largest absolute Gasteiger partial charge is 0.497 e. The van der Waals surface area contributed by atoms with Crippen molar-refractivity contribution in [2.75, 3.05) is 7.11 Å². The molecule has 3 rings (SSSR count). The molecule has 27 heavy (non-hydrogen) atoms. The smallest absolute Gasteiger partial charge is 0.313 e. The average molecular weight is 369 g/mol. The summed E-state index contributed by atoms with van der Waals surface area (Å²) in [5.74, 6) is -0.256. The summed E-state index contributed by atoms with van der Waals surface area (Å²) in [5.41, 5.74) is 0.862. The van der Waals surface area contributed by atoms with E-state index in [1.807, 2.05) is 36.4 Å².